The van der Waals surface area contributed by atoms with Crippen LogP contribution in [0.25, 0.3) is 0 Å². The molecule has 0 atom stereocenters. The first-order chi connectivity index (χ1) is 15.8. The van der Waals surface area contributed by atoms with E-state index in [9.17, 15) is 22.4 Å². The van der Waals surface area contributed by atoms with E-state index in [2.05, 4.69) is 15.4 Å². The van der Waals surface area contributed by atoms with Crippen molar-refractivity contribution < 1.29 is 27.1 Å². The van der Waals surface area contributed by atoms with Crippen molar-refractivity contribution >= 4 is 27.5 Å². The third-order valence-electron chi connectivity index (χ3n) is 4.56. The Morgan fingerprint density at radius 2 is 1.64 bits per heavy atom. The molecule has 0 aliphatic rings. The quantitative estimate of drug-likeness (QED) is 0.444. The van der Waals surface area contributed by atoms with E-state index in [1.54, 1.807) is 19.2 Å². The van der Waals surface area contributed by atoms with Gasteiger partial charge < -0.3 is 15.4 Å². The number of hydrogen-bond donors (Lipinski definition) is 3. The molecule has 8 nitrogen and oxygen atoms in total. The minimum Gasteiger partial charge on any atom is -0.497 e. The first-order valence-electron chi connectivity index (χ1n) is 9.83. The number of ether oxygens (including phenoxy) is 1. The van der Waals surface area contributed by atoms with Gasteiger partial charge in [0, 0.05) is 17.8 Å². The Hall–Kier alpha value is -3.92. The summed E-state index contributed by atoms with van der Waals surface area (Å²) in [7, 11) is -2.44. The van der Waals surface area contributed by atoms with E-state index in [1.807, 2.05) is 12.1 Å². The lowest BCUT2D eigenvalue weighted by molar-refractivity contribution is -0.120. The van der Waals surface area contributed by atoms with Crippen molar-refractivity contribution in [2.24, 2.45) is 0 Å². The Morgan fingerprint density at radius 1 is 0.939 bits per heavy atom. The summed E-state index contributed by atoms with van der Waals surface area (Å²) in [6.07, 6.45) is 0. The van der Waals surface area contributed by atoms with Crippen molar-refractivity contribution in [3.63, 3.8) is 0 Å². The van der Waals surface area contributed by atoms with Crippen LogP contribution in [0.4, 0.5) is 10.1 Å². The lowest BCUT2D eigenvalue weighted by Crippen LogP contribution is -2.36. The fourth-order valence-electron chi connectivity index (χ4n) is 2.81. The second-order valence-electron chi connectivity index (χ2n) is 6.95. The zero-order valence-electron chi connectivity index (χ0n) is 17.7. The van der Waals surface area contributed by atoms with E-state index in [4.69, 9.17) is 4.74 Å². The van der Waals surface area contributed by atoms with Gasteiger partial charge in [0.1, 0.15) is 11.6 Å². The highest BCUT2D eigenvalue weighted by molar-refractivity contribution is 7.92. The van der Waals surface area contributed by atoms with Gasteiger partial charge in [0.05, 0.1) is 18.6 Å². The van der Waals surface area contributed by atoms with Crippen molar-refractivity contribution in [1.29, 1.82) is 0 Å². The van der Waals surface area contributed by atoms with Gasteiger partial charge in [-0.15, -0.1) is 0 Å². The molecular weight excluding hydrogens is 449 g/mol. The number of anilines is 1. The predicted octanol–water partition coefficient (Wildman–Crippen LogP) is 2.68. The number of sulfonamides is 1. The van der Waals surface area contributed by atoms with Crippen LogP contribution in [0.5, 0.6) is 5.75 Å². The van der Waals surface area contributed by atoms with Gasteiger partial charge in [0.2, 0.25) is 5.91 Å². The Labute approximate surface area is 190 Å². The van der Waals surface area contributed by atoms with E-state index in [0.717, 1.165) is 17.7 Å². The van der Waals surface area contributed by atoms with Gasteiger partial charge in [0.25, 0.3) is 15.9 Å². The zero-order chi connectivity index (χ0) is 23.8. The molecular formula is C23H22FN3O5S. The maximum atomic E-state index is 13.0. The summed E-state index contributed by atoms with van der Waals surface area (Å²) < 4.78 is 45.6. The normalized spacial score (nSPS) is 10.8. The number of hydrogen-bond acceptors (Lipinski definition) is 5. The second kappa shape index (κ2) is 10.6. The molecule has 0 bridgehead atoms. The number of amides is 2. The molecule has 33 heavy (non-hydrogen) atoms. The maximum Gasteiger partial charge on any atom is 0.261 e. The van der Waals surface area contributed by atoms with E-state index < -0.39 is 27.7 Å². The molecule has 10 heteroatoms. The number of halogens is 1. The van der Waals surface area contributed by atoms with Gasteiger partial charge in [0.15, 0.2) is 0 Å². The monoisotopic (exact) mass is 471 g/mol. The zero-order valence-corrected chi connectivity index (χ0v) is 18.5. The molecule has 0 saturated heterocycles. The number of nitrogens with one attached hydrogen (secondary N) is 3. The highest BCUT2D eigenvalue weighted by atomic mass is 32.2. The predicted molar refractivity (Wildman–Crippen MR) is 121 cm³/mol. The molecule has 0 radical (unpaired) electrons. The van der Waals surface area contributed by atoms with Crippen LogP contribution in [-0.4, -0.2) is 33.9 Å². The van der Waals surface area contributed by atoms with Gasteiger partial charge in [-0.1, -0.05) is 18.2 Å². The summed E-state index contributed by atoms with van der Waals surface area (Å²) in [5, 5.41) is 5.14. The molecule has 0 aliphatic carbocycles. The lowest BCUT2D eigenvalue weighted by Gasteiger charge is -2.10. The minimum atomic E-state index is -4.00. The molecule has 0 spiro atoms. The summed E-state index contributed by atoms with van der Waals surface area (Å²) in [5.41, 5.74) is 1.11. The largest absolute Gasteiger partial charge is 0.497 e. The number of carbonyl (C=O) groups is 2. The summed E-state index contributed by atoms with van der Waals surface area (Å²) in [5.74, 6) is -0.798. The van der Waals surface area contributed by atoms with Gasteiger partial charge in [-0.3, -0.25) is 14.3 Å². The van der Waals surface area contributed by atoms with Crippen molar-refractivity contribution in [2.75, 3.05) is 18.4 Å². The molecule has 2 amide bonds. The van der Waals surface area contributed by atoms with Crippen LogP contribution in [0.2, 0.25) is 0 Å². The van der Waals surface area contributed by atoms with Crippen molar-refractivity contribution in [1.82, 2.24) is 10.6 Å². The maximum absolute atomic E-state index is 13.0. The smallest absolute Gasteiger partial charge is 0.261 e. The van der Waals surface area contributed by atoms with Crippen molar-refractivity contribution in [3.8, 4) is 5.75 Å². The average Bonchev–Trinajstić information content (AvgIpc) is 2.83. The third kappa shape index (κ3) is 6.78. The molecule has 0 aromatic heterocycles. The number of rotatable bonds is 9. The van der Waals surface area contributed by atoms with E-state index in [1.165, 1.54) is 36.4 Å². The fraction of sp³-hybridized carbons (Fsp3) is 0.130. The van der Waals surface area contributed by atoms with Crippen LogP contribution in [-0.2, 0) is 21.4 Å². The van der Waals surface area contributed by atoms with E-state index in [-0.39, 0.29) is 29.2 Å². The molecule has 0 saturated carbocycles. The standard InChI is InChI=1S/C23H22FN3O5S/c1-32-20-11-5-16(6-12-20)14-25-22(28)15-26-23(29)17-3-2-4-21(13-17)33(30,31)27-19-9-7-18(24)8-10-19/h2-13,27H,14-15H2,1H3,(H,25,28)(H,26,29). The molecule has 3 aromatic rings. The van der Waals surface area contributed by atoms with E-state index in [0.29, 0.717) is 5.75 Å². The highest BCUT2D eigenvalue weighted by Gasteiger charge is 2.17. The summed E-state index contributed by atoms with van der Waals surface area (Å²) >= 11 is 0. The van der Waals surface area contributed by atoms with Crippen LogP contribution >= 0.6 is 0 Å². The summed E-state index contributed by atoms with van der Waals surface area (Å²) in [6, 6.07) is 17.3. The lowest BCUT2D eigenvalue weighted by atomic mass is 10.2. The van der Waals surface area contributed by atoms with Crippen LogP contribution in [0, 0.1) is 5.82 Å². The molecule has 3 N–H and O–H groups in total. The Morgan fingerprint density at radius 3 is 2.30 bits per heavy atom. The third-order valence-corrected chi connectivity index (χ3v) is 5.94. The van der Waals surface area contributed by atoms with Crippen LogP contribution in [0.3, 0.4) is 0 Å². The average molecular weight is 472 g/mol. The topological polar surface area (TPSA) is 114 Å². The van der Waals surface area contributed by atoms with E-state index >= 15 is 0 Å². The number of carbonyl (C=O) groups excluding carboxylic acids is 2. The van der Waals surface area contributed by atoms with Crippen LogP contribution in [0.15, 0.2) is 77.7 Å². The fourth-order valence-corrected chi connectivity index (χ4v) is 3.91. The van der Waals surface area contributed by atoms with Gasteiger partial charge in [-0.05, 0) is 60.2 Å². The first-order valence-corrected chi connectivity index (χ1v) is 11.3. The Kier molecular flexibility index (Phi) is 7.62. The van der Waals surface area contributed by atoms with Gasteiger partial charge in [-0.2, -0.15) is 0 Å². The second-order valence-corrected chi connectivity index (χ2v) is 8.63. The SMILES string of the molecule is COc1ccc(CNC(=O)CNC(=O)c2cccc(S(=O)(=O)Nc3ccc(F)cc3)c2)cc1. The van der Waals surface area contributed by atoms with Gasteiger partial charge in [-0.25, -0.2) is 12.8 Å². The molecule has 0 fully saturated rings. The first kappa shape index (κ1) is 23.7. The number of benzene rings is 3. The Bertz CT molecular complexity index is 1230. The van der Waals surface area contributed by atoms with Crippen LogP contribution < -0.4 is 20.1 Å². The van der Waals surface area contributed by atoms with Crippen LogP contribution in [0.1, 0.15) is 15.9 Å². The molecule has 0 aliphatic heterocycles. The highest BCUT2D eigenvalue weighted by Crippen LogP contribution is 2.17. The summed E-state index contributed by atoms with van der Waals surface area (Å²) in [4.78, 5) is 24.3. The number of methoxy groups -OCH3 is 1. The molecule has 0 heterocycles. The Balaban J connectivity index is 1.56. The molecule has 3 rings (SSSR count). The minimum absolute atomic E-state index is 0.0694. The molecule has 172 valence electrons. The van der Waals surface area contributed by atoms with Gasteiger partial charge >= 0.3 is 0 Å². The van der Waals surface area contributed by atoms with Crippen molar-refractivity contribution in [2.45, 2.75) is 11.4 Å². The summed E-state index contributed by atoms with van der Waals surface area (Å²) in [6.45, 7) is 0.00127. The molecule has 3 aromatic carbocycles. The van der Waals surface area contributed by atoms with Crippen molar-refractivity contribution in [3.05, 3.63) is 89.7 Å². The molecule has 0 unspecified atom stereocenters.